The highest BCUT2D eigenvalue weighted by Crippen LogP contribution is 2.27. The van der Waals surface area contributed by atoms with Crippen molar-refractivity contribution in [2.75, 3.05) is 13.2 Å². The maximum atomic E-state index is 12.4. The molecule has 0 heterocycles. The van der Waals surface area contributed by atoms with Gasteiger partial charge in [0.1, 0.15) is 11.5 Å². The van der Waals surface area contributed by atoms with E-state index in [-0.39, 0.29) is 12.4 Å². The van der Waals surface area contributed by atoms with Gasteiger partial charge in [-0.1, -0.05) is 19.9 Å². The summed E-state index contributed by atoms with van der Waals surface area (Å²) in [6.45, 7) is 6.72. The Kier molecular flexibility index (Phi) is 7.21. The van der Waals surface area contributed by atoms with Crippen LogP contribution in [0.3, 0.4) is 0 Å². The number of esters is 2. The summed E-state index contributed by atoms with van der Waals surface area (Å²) in [4.78, 5) is 24.1. The Labute approximate surface area is 161 Å². The second kappa shape index (κ2) is 9.38. The fourth-order valence-corrected chi connectivity index (χ4v) is 2.56. The van der Waals surface area contributed by atoms with Gasteiger partial charge in [-0.25, -0.2) is 9.59 Å². The molecule has 0 aliphatic rings. The Hall–Kier alpha value is -2.34. The van der Waals surface area contributed by atoms with E-state index in [2.05, 4.69) is 29.8 Å². The van der Waals surface area contributed by atoms with Crippen molar-refractivity contribution in [2.24, 2.45) is 5.92 Å². The van der Waals surface area contributed by atoms with Crippen molar-refractivity contribution in [2.45, 2.75) is 20.8 Å². The van der Waals surface area contributed by atoms with Crippen LogP contribution in [0.25, 0.3) is 0 Å². The fourth-order valence-electron chi connectivity index (χ4n) is 2.07. The molecular formula is C20H21BrO5. The van der Waals surface area contributed by atoms with Crippen LogP contribution in [0.5, 0.6) is 11.5 Å². The summed E-state index contributed by atoms with van der Waals surface area (Å²) in [6.07, 6.45) is 0. The molecule has 0 unspecified atom stereocenters. The number of carbonyl (C=O) groups excluding carboxylic acids is 2. The minimum absolute atomic E-state index is 0.275. The molecule has 138 valence electrons. The van der Waals surface area contributed by atoms with Gasteiger partial charge < -0.3 is 14.2 Å². The summed E-state index contributed by atoms with van der Waals surface area (Å²) in [6, 6.07) is 11.3. The van der Waals surface area contributed by atoms with E-state index in [0.29, 0.717) is 33.9 Å². The molecule has 0 aromatic heterocycles. The molecule has 2 aromatic rings. The molecule has 0 bridgehead atoms. The summed E-state index contributed by atoms with van der Waals surface area (Å²) >= 11 is 3.40. The molecule has 0 spiro atoms. The van der Waals surface area contributed by atoms with Crippen LogP contribution >= 0.6 is 15.9 Å². The third-order valence-corrected chi connectivity index (χ3v) is 3.92. The standard InChI is InChI=1S/C20H21BrO5/c1-4-24-19(22)14-6-5-7-16(10-14)26-20(23)15-8-9-18(17(21)11-15)25-12-13(2)3/h5-11,13H,4,12H2,1-3H3. The van der Waals surface area contributed by atoms with Gasteiger partial charge in [0.2, 0.25) is 0 Å². The summed E-state index contributed by atoms with van der Waals surface area (Å²) in [7, 11) is 0. The molecule has 0 fully saturated rings. The van der Waals surface area contributed by atoms with Crippen LogP contribution in [0.2, 0.25) is 0 Å². The van der Waals surface area contributed by atoms with Crippen molar-refractivity contribution in [1.82, 2.24) is 0 Å². The fraction of sp³-hybridized carbons (Fsp3) is 0.300. The molecular weight excluding hydrogens is 400 g/mol. The van der Waals surface area contributed by atoms with Gasteiger partial charge in [-0.15, -0.1) is 0 Å². The Morgan fingerprint density at radius 2 is 1.77 bits per heavy atom. The zero-order chi connectivity index (χ0) is 19.1. The highest BCUT2D eigenvalue weighted by molar-refractivity contribution is 9.10. The van der Waals surface area contributed by atoms with E-state index in [1.165, 1.54) is 6.07 Å². The van der Waals surface area contributed by atoms with Gasteiger partial charge in [-0.2, -0.15) is 0 Å². The molecule has 5 nitrogen and oxygen atoms in total. The first-order valence-electron chi connectivity index (χ1n) is 8.32. The molecule has 2 aromatic carbocycles. The second-order valence-corrected chi connectivity index (χ2v) is 6.84. The van der Waals surface area contributed by atoms with Gasteiger partial charge in [0, 0.05) is 0 Å². The number of hydrogen-bond acceptors (Lipinski definition) is 5. The molecule has 0 amide bonds. The molecule has 0 radical (unpaired) electrons. The van der Waals surface area contributed by atoms with Gasteiger partial charge in [0.25, 0.3) is 0 Å². The van der Waals surface area contributed by atoms with Gasteiger partial charge >= 0.3 is 11.9 Å². The lowest BCUT2D eigenvalue weighted by molar-refractivity contribution is 0.0524. The van der Waals surface area contributed by atoms with E-state index >= 15 is 0 Å². The monoisotopic (exact) mass is 420 g/mol. The molecule has 0 saturated carbocycles. The van der Waals surface area contributed by atoms with Crippen molar-refractivity contribution in [1.29, 1.82) is 0 Å². The minimum atomic E-state index is -0.526. The lowest BCUT2D eigenvalue weighted by Gasteiger charge is -2.11. The number of ether oxygens (including phenoxy) is 3. The molecule has 0 aliphatic carbocycles. The van der Waals surface area contributed by atoms with Crippen molar-refractivity contribution < 1.29 is 23.8 Å². The summed E-state index contributed by atoms with van der Waals surface area (Å²) in [5, 5.41) is 0. The van der Waals surface area contributed by atoms with Crippen molar-refractivity contribution in [3.63, 3.8) is 0 Å². The molecule has 2 rings (SSSR count). The predicted octanol–water partition coefficient (Wildman–Crippen LogP) is 4.88. The summed E-state index contributed by atoms with van der Waals surface area (Å²) in [5.74, 6) is 0.358. The van der Waals surface area contributed by atoms with Gasteiger partial charge in [-0.05, 0) is 65.2 Å². The Morgan fingerprint density at radius 3 is 2.42 bits per heavy atom. The number of carbonyl (C=O) groups is 2. The van der Waals surface area contributed by atoms with E-state index < -0.39 is 11.9 Å². The lowest BCUT2D eigenvalue weighted by atomic mass is 10.2. The molecule has 6 heteroatoms. The van der Waals surface area contributed by atoms with E-state index in [1.54, 1.807) is 43.3 Å². The first kappa shape index (κ1) is 20.0. The molecule has 26 heavy (non-hydrogen) atoms. The van der Waals surface area contributed by atoms with E-state index in [4.69, 9.17) is 14.2 Å². The molecule has 0 atom stereocenters. The van der Waals surface area contributed by atoms with Crippen LogP contribution in [-0.4, -0.2) is 25.2 Å². The SMILES string of the molecule is CCOC(=O)c1cccc(OC(=O)c2ccc(OCC(C)C)c(Br)c2)c1. The van der Waals surface area contributed by atoms with Crippen LogP contribution in [-0.2, 0) is 4.74 Å². The van der Waals surface area contributed by atoms with Crippen LogP contribution < -0.4 is 9.47 Å². The predicted molar refractivity (Wildman–Crippen MR) is 102 cm³/mol. The van der Waals surface area contributed by atoms with Crippen molar-refractivity contribution >= 4 is 27.9 Å². The zero-order valence-electron chi connectivity index (χ0n) is 15.0. The largest absolute Gasteiger partial charge is 0.492 e. The molecule has 0 saturated heterocycles. The van der Waals surface area contributed by atoms with E-state index in [1.807, 2.05) is 0 Å². The number of hydrogen-bond donors (Lipinski definition) is 0. The Bertz CT molecular complexity index is 786. The number of halogens is 1. The van der Waals surface area contributed by atoms with Gasteiger partial charge in [-0.3, -0.25) is 0 Å². The quantitative estimate of drug-likeness (QED) is 0.471. The highest BCUT2D eigenvalue weighted by atomic mass is 79.9. The van der Waals surface area contributed by atoms with Gasteiger partial charge in [0.05, 0.1) is 28.8 Å². The minimum Gasteiger partial charge on any atom is -0.492 e. The molecule has 0 aliphatic heterocycles. The Morgan fingerprint density at radius 1 is 1.04 bits per heavy atom. The smallest absolute Gasteiger partial charge is 0.343 e. The van der Waals surface area contributed by atoms with Crippen LogP contribution in [0, 0.1) is 5.92 Å². The molecule has 0 N–H and O–H groups in total. The van der Waals surface area contributed by atoms with Gasteiger partial charge in [0.15, 0.2) is 0 Å². The first-order chi connectivity index (χ1) is 12.4. The Balaban J connectivity index is 2.09. The maximum Gasteiger partial charge on any atom is 0.343 e. The summed E-state index contributed by atoms with van der Waals surface area (Å²) in [5.41, 5.74) is 0.700. The lowest BCUT2D eigenvalue weighted by Crippen LogP contribution is -2.10. The zero-order valence-corrected chi connectivity index (χ0v) is 16.5. The van der Waals surface area contributed by atoms with E-state index in [9.17, 15) is 9.59 Å². The average Bonchev–Trinajstić information content (AvgIpc) is 2.61. The first-order valence-corrected chi connectivity index (χ1v) is 9.11. The second-order valence-electron chi connectivity index (χ2n) is 5.99. The topological polar surface area (TPSA) is 61.8 Å². The maximum absolute atomic E-state index is 12.4. The highest BCUT2D eigenvalue weighted by Gasteiger charge is 2.14. The van der Waals surface area contributed by atoms with Crippen LogP contribution in [0.1, 0.15) is 41.5 Å². The van der Waals surface area contributed by atoms with Crippen LogP contribution in [0.4, 0.5) is 0 Å². The van der Waals surface area contributed by atoms with Crippen LogP contribution in [0.15, 0.2) is 46.9 Å². The van der Waals surface area contributed by atoms with Crippen molar-refractivity contribution in [3.05, 3.63) is 58.1 Å². The third kappa shape index (κ3) is 5.59. The number of rotatable bonds is 7. The van der Waals surface area contributed by atoms with E-state index in [0.717, 1.165) is 0 Å². The number of benzene rings is 2. The average molecular weight is 421 g/mol. The van der Waals surface area contributed by atoms with Crippen molar-refractivity contribution in [3.8, 4) is 11.5 Å². The summed E-state index contributed by atoms with van der Waals surface area (Å²) < 4.78 is 16.6. The normalized spacial score (nSPS) is 10.5. The third-order valence-electron chi connectivity index (χ3n) is 3.30.